The number of urea groups is 1. The third-order valence-electron chi connectivity index (χ3n) is 4.13. The van der Waals surface area contributed by atoms with Gasteiger partial charge in [0.1, 0.15) is 5.82 Å². The van der Waals surface area contributed by atoms with Gasteiger partial charge >= 0.3 is 6.03 Å². The van der Waals surface area contributed by atoms with Gasteiger partial charge in [0.15, 0.2) is 0 Å². The first-order chi connectivity index (χ1) is 13.2. The summed E-state index contributed by atoms with van der Waals surface area (Å²) in [6, 6.07) is 12.4. The molecular weight excluding hydrogens is 346 g/mol. The highest BCUT2D eigenvalue weighted by molar-refractivity contribution is 5.92. The van der Waals surface area contributed by atoms with Crippen LogP contribution in [0.3, 0.4) is 0 Å². The fourth-order valence-corrected chi connectivity index (χ4v) is 2.84. The minimum Gasteiger partial charge on any atom is -0.479 e. The van der Waals surface area contributed by atoms with Crippen LogP contribution >= 0.6 is 0 Å². The van der Waals surface area contributed by atoms with Gasteiger partial charge in [-0.3, -0.25) is 10.4 Å². The van der Waals surface area contributed by atoms with Crippen molar-refractivity contribution in [3.05, 3.63) is 72.3 Å². The molecule has 3 heterocycles. The van der Waals surface area contributed by atoms with E-state index in [1.165, 1.54) is 7.11 Å². The first-order valence-electron chi connectivity index (χ1n) is 8.27. The predicted octanol–water partition coefficient (Wildman–Crippen LogP) is 3.47. The van der Waals surface area contributed by atoms with Crippen LogP contribution in [0, 0.1) is 0 Å². The van der Waals surface area contributed by atoms with Crippen LogP contribution in [0.25, 0.3) is 10.9 Å². The number of rotatable bonds is 5. The lowest BCUT2D eigenvalue weighted by Crippen LogP contribution is -2.33. The Kier molecular flexibility index (Phi) is 4.44. The quantitative estimate of drug-likeness (QED) is 0.503. The van der Waals surface area contributed by atoms with Gasteiger partial charge in [-0.15, -0.1) is 5.10 Å². The van der Waals surface area contributed by atoms with E-state index >= 15 is 0 Å². The Morgan fingerprint density at radius 2 is 2.07 bits per heavy atom. The Morgan fingerprint density at radius 3 is 2.81 bits per heavy atom. The molecule has 0 bridgehead atoms. The molecule has 0 radical (unpaired) electrons. The highest BCUT2D eigenvalue weighted by atomic mass is 16.5. The smallest absolute Gasteiger partial charge is 0.321 e. The van der Waals surface area contributed by atoms with Crippen LogP contribution in [0.4, 0.5) is 10.6 Å². The number of amides is 2. The van der Waals surface area contributed by atoms with E-state index in [2.05, 4.69) is 25.8 Å². The number of aromatic amines is 1. The lowest BCUT2D eigenvalue weighted by atomic mass is 10.0. The largest absolute Gasteiger partial charge is 0.479 e. The molecule has 3 aromatic heterocycles. The lowest BCUT2D eigenvalue weighted by molar-refractivity contribution is 0.250. The van der Waals surface area contributed by atoms with Crippen LogP contribution in [-0.2, 0) is 0 Å². The van der Waals surface area contributed by atoms with E-state index in [0.717, 1.165) is 16.5 Å². The molecule has 0 aliphatic rings. The van der Waals surface area contributed by atoms with Crippen LogP contribution in [-0.4, -0.2) is 28.3 Å². The van der Waals surface area contributed by atoms with E-state index in [-0.39, 0.29) is 12.1 Å². The van der Waals surface area contributed by atoms with Crippen molar-refractivity contribution in [1.29, 1.82) is 0 Å². The number of pyridine rings is 1. The number of ether oxygens (including phenoxy) is 1. The molecule has 4 aromatic rings. The molecule has 0 saturated carbocycles. The Labute approximate surface area is 154 Å². The van der Waals surface area contributed by atoms with Crippen molar-refractivity contribution < 1.29 is 13.9 Å². The number of furan rings is 1. The third-order valence-corrected chi connectivity index (χ3v) is 4.13. The van der Waals surface area contributed by atoms with Crippen molar-refractivity contribution in [1.82, 2.24) is 20.5 Å². The minimum atomic E-state index is -0.386. The van der Waals surface area contributed by atoms with Gasteiger partial charge in [-0.2, -0.15) is 0 Å². The first-order valence-corrected chi connectivity index (χ1v) is 8.27. The molecule has 0 fully saturated rings. The van der Waals surface area contributed by atoms with Crippen LogP contribution in [0.2, 0.25) is 0 Å². The molecular formula is C19H17N5O3. The van der Waals surface area contributed by atoms with Crippen molar-refractivity contribution in [2.45, 2.75) is 6.04 Å². The van der Waals surface area contributed by atoms with Gasteiger partial charge < -0.3 is 14.5 Å². The summed E-state index contributed by atoms with van der Waals surface area (Å²) in [5.41, 5.74) is 2.50. The molecule has 3 N–H and O–H groups in total. The number of methoxy groups -OCH3 is 1. The Morgan fingerprint density at radius 1 is 1.22 bits per heavy atom. The molecule has 0 aliphatic heterocycles. The molecule has 1 aromatic carbocycles. The summed E-state index contributed by atoms with van der Waals surface area (Å²) in [5.74, 6) is 0.850. The average molecular weight is 363 g/mol. The molecule has 8 heteroatoms. The van der Waals surface area contributed by atoms with E-state index in [1.54, 1.807) is 24.8 Å². The summed E-state index contributed by atoms with van der Waals surface area (Å²) in [4.78, 5) is 16.8. The summed E-state index contributed by atoms with van der Waals surface area (Å²) in [5, 5.41) is 13.3. The zero-order valence-corrected chi connectivity index (χ0v) is 14.5. The molecule has 4 rings (SSSR count). The van der Waals surface area contributed by atoms with Crippen LogP contribution in [0.15, 0.2) is 65.6 Å². The SMILES string of the molecule is COc1n[nH]c2cc(NC(=O)NC(c3ccccc3)c3ccoc3)ncc12. The fraction of sp³-hybridized carbons (Fsp3) is 0.105. The molecule has 2 amide bonds. The summed E-state index contributed by atoms with van der Waals surface area (Å²) in [6.45, 7) is 0. The van der Waals surface area contributed by atoms with Crippen LogP contribution in [0.5, 0.6) is 5.88 Å². The van der Waals surface area contributed by atoms with Crippen LogP contribution < -0.4 is 15.4 Å². The fourth-order valence-electron chi connectivity index (χ4n) is 2.84. The minimum absolute atomic E-state index is 0.346. The van der Waals surface area contributed by atoms with Gasteiger partial charge in [0.2, 0.25) is 5.88 Å². The van der Waals surface area contributed by atoms with Crippen molar-refractivity contribution in [2.24, 2.45) is 0 Å². The zero-order valence-electron chi connectivity index (χ0n) is 14.5. The molecule has 0 aliphatic carbocycles. The van der Waals surface area contributed by atoms with Crippen molar-refractivity contribution in [3.8, 4) is 5.88 Å². The molecule has 8 nitrogen and oxygen atoms in total. The number of carbonyl (C=O) groups excluding carboxylic acids is 1. The van der Waals surface area contributed by atoms with E-state index in [4.69, 9.17) is 9.15 Å². The van der Waals surface area contributed by atoms with Crippen molar-refractivity contribution in [3.63, 3.8) is 0 Å². The van der Waals surface area contributed by atoms with Gasteiger partial charge in [0.05, 0.1) is 36.6 Å². The first kappa shape index (κ1) is 16.6. The number of carbonyl (C=O) groups is 1. The number of anilines is 1. The number of H-pyrrole nitrogens is 1. The second kappa shape index (κ2) is 7.20. The Balaban J connectivity index is 1.53. The lowest BCUT2D eigenvalue weighted by Gasteiger charge is -2.18. The predicted molar refractivity (Wildman–Crippen MR) is 99.6 cm³/mol. The van der Waals surface area contributed by atoms with Gasteiger partial charge in [-0.05, 0) is 11.6 Å². The van der Waals surface area contributed by atoms with E-state index in [1.807, 2.05) is 36.4 Å². The van der Waals surface area contributed by atoms with Gasteiger partial charge in [-0.25, -0.2) is 9.78 Å². The molecule has 1 atom stereocenters. The number of benzene rings is 1. The van der Waals surface area contributed by atoms with Gasteiger partial charge in [0.25, 0.3) is 0 Å². The molecule has 0 spiro atoms. The monoisotopic (exact) mass is 363 g/mol. The van der Waals surface area contributed by atoms with Crippen molar-refractivity contribution >= 4 is 22.8 Å². The van der Waals surface area contributed by atoms with Crippen molar-refractivity contribution in [2.75, 3.05) is 12.4 Å². The topological polar surface area (TPSA) is 105 Å². The number of aromatic nitrogens is 3. The standard InChI is InChI=1S/C19H17N5O3/c1-26-18-14-10-20-16(9-15(14)23-24-18)21-19(25)22-17(13-7-8-27-11-13)12-5-3-2-4-6-12/h2-11,17H,1H3,(H,23,24)(H2,20,21,22,25). The average Bonchev–Trinajstić information content (AvgIpc) is 3.36. The number of hydrogen-bond acceptors (Lipinski definition) is 5. The number of nitrogens with one attached hydrogen (secondary N) is 3. The number of hydrogen-bond donors (Lipinski definition) is 3. The summed E-state index contributed by atoms with van der Waals surface area (Å²) < 4.78 is 10.3. The molecule has 0 saturated heterocycles. The van der Waals surface area contributed by atoms with E-state index in [0.29, 0.717) is 17.2 Å². The summed E-state index contributed by atoms with van der Waals surface area (Å²) in [7, 11) is 1.54. The Hall–Kier alpha value is -3.81. The summed E-state index contributed by atoms with van der Waals surface area (Å²) >= 11 is 0. The van der Waals surface area contributed by atoms with Gasteiger partial charge in [0, 0.05) is 17.8 Å². The zero-order chi connectivity index (χ0) is 18.6. The second-order valence-corrected chi connectivity index (χ2v) is 5.85. The number of fused-ring (bicyclic) bond motifs is 1. The maximum absolute atomic E-state index is 12.5. The molecule has 27 heavy (non-hydrogen) atoms. The maximum Gasteiger partial charge on any atom is 0.321 e. The van der Waals surface area contributed by atoms with Gasteiger partial charge in [-0.1, -0.05) is 30.3 Å². The maximum atomic E-state index is 12.5. The normalized spacial score (nSPS) is 11.9. The Bertz CT molecular complexity index is 1040. The molecule has 1 unspecified atom stereocenters. The second-order valence-electron chi connectivity index (χ2n) is 5.85. The highest BCUT2D eigenvalue weighted by Crippen LogP contribution is 2.24. The third kappa shape index (κ3) is 3.45. The van der Waals surface area contributed by atoms with Crippen LogP contribution in [0.1, 0.15) is 17.2 Å². The molecule has 136 valence electrons. The van der Waals surface area contributed by atoms with E-state index < -0.39 is 0 Å². The number of nitrogens with zero attached hydrogens (tertiary/aromatic N) is 2. The van der Waals surface area contributed by atoms with E-state index in [9.17, 15) is 4.79 Å². The highest BCUT2D eigenvalue weighted by Gasteiger charge is 2.18. The summed E-state index contributed by atoms with van der Waals surface area (Å²) in [6.07, 6.45) is 4.78.